The molecular weight excluding hydrogens is 1110 g/mol. The normalized spacial score (nSPS) is 22.5. The van der Waals surface area contributed by atoms with E-state index in [0.29, 0.717) is 69.5 Å². The molecule has 5 fully saturated rings. The summed E-state index contributed by atoms with van der Waals surface area (Å²) in [5, 5.41) is 21.0. The number of esters is 2. The first-order chi connectivity index (χ1) is 38.7. The Morgan fingerprint density at radius 2 is 1.15 bits per heavy atom. The molecule has 2 heterocycles. The number of carbonyl (C=O) groups is 8. The van der Waals surface area contributed by atoms with Crippen LogP contribution in [0, 0.1) is 35.4 Å². The Labute approximate surface area is 472 Å². The molecule has 5 saturated carbocycles. The number of ether oxygens (including phenoxy) is 2. The highest BCUT2D eigenvalue weighted by Gasteiger charge is 2.44. The molecule has 444 valence electrons. The Hall–Kier alpha value is -7.17. The van der Waals surface area contributed by atoms with E-state index < -0.39 is 71.6 Å². The van der Waals surface area contributed by atoms with Gasteiger partial charge in [0.25, 0.3) is 5.91 Å². The standard InChI is InChI=1S/C20H20ClF3N4O2.C13H14F2O2.C13H14O3.C6H8F2O2.C6H8O3/c21-13-8-12(1-2-14(13)22)18-17(19(25)30)15-10-27(5-6-28(15)26-18)16(29)7-11-3-4-20(23,24)9-11;14-13(15)7-6-11(8-13)12(16)17-9-10-4-2-1-3-5-10;14-12-7-6-11(8-12)13(15)16-9-10-4-2-1-3-5-10;7-6(8)2-1-4(3-6)5(9)10;7-5-2-1-4(3-5)6(8)9/h1-2,8,11H,3-7,9-10H2,(H2,25,30);1-5,11H,6-9H2;1-5,11H,6-9H2;4H,1-3H2,(H,9,10);4H,1-3H2,(H,8,9). The second kappa shape index (κ2) is 28.7. The third kappa shape index (κ3) is 19.2. The molecule has 5 atom stereocenters. The fraction of sp³-hybridized carbons (Fsp3) is 0.500. The Kier molecular flexibility index (Phi) is 22.4. The molecule has 1 aliphatic heterocycles. The molecule has 16 nitrogen and oxygen atoms in total. The van der Waals surface area contributed by atoms with Crippen molar-refractivity contribution in [2.75, 3.05) is 6.54 Å². The van der Waals surface area contributed by atoms with E-state index in [0.717, 1.165) is 11.1 Å². The minimum Gasteiger partial charge on any atom is -0.481 e. The lowest BCUT2D eigenvalue weighted by Crippen LogP contribution is -2.39. The fourth-order valence-electron chi connectivity index (χ4n) is 10.3. The van der Waals surface area contributed by atoms with Crippen LogP contribution < -0.4 is 5.73 Å². The van der Waals surface area contributed by atoms with Gasteiger partial charge in [-0.1, -0.05) is 72.3 Å². The van der Waals surface area contributed by atoms with Crippen molar-refractivity contribution < 1.29 is 88.8 Å². The Balaban J connectivity index is 0.000000178. The number of halogens is 8. The molecule has 1 aromatic heterocycles. The maximum atomic E-state index is 13.5. The molecule has 5 aliphatic carbocycles. The lowest BCUT2D eigenvalue weighted by atomic mass is 10.0. The van der Waals surface area contributed by atoms with Crippen molar-refractivity contribution in [1.29, 1.82) is 0 Å². The third-order valence-corrected chi connectivity index (χ3v) is 15.1. The third-order valence-electron chi connectivity index (χ3n) is 14.9. The molecule has 82 heavy (non-hydrogen) atoms. The zero-order valence-electron chi connectivity index (χ0n) is 44.7. The van der Waals surface area contributed by atoms with Gasteiger partial charge < -0.3 is 30.3 Å². The average molecular weight is 1180 g/mol. The molecule has 0 bridgehead atoms. The first-order valence-corrected chi connectivity index (χ1v) is 27.2. The van der Waals surface area contributed by atoms with Crippen LogP contribution in [-0.2, 0) is 69.3 Å². The smallest absolute Gasteiger partial charge is 0.309 e. The predicted molar refractivity (Wildman–Crippen MR) is 280 cm³/mol. The highest BCUT2D eigenvalue weighted by Crippen LogP contribution is 2.42. The molecule has 0 radical (unpaired) electrons. The van der Waals surface area contributed by atoms with Crippen molar-refractivity contribution in [1.82, 2.24) is 14.7 Å². The molecule has 0 spiro atoms. The number of benzene rings is 3. The average Bonchev–Trinajstić information content (AvgIpc) is 3.63. The van der Waals surface area contributed by atoms with Gasteiger partial charge in [0.05, 0.1) is 53.0 Å². The van der Waals surface area contributed by atoms with E-state index in [2.05, 4.69) is 5.10 Å². The summed E-state index contributed by atoms with van der Waals surface area (Å²) in [4.78, 5) is 91.4. The van der Waals surface area contributed by atoms with Crippen LogP contribution in [0.5, 0.6) is 0 Å². The van der Waals surface area contributed by atoms with Gasteiger partial charge in [-0.15, -0.1) is 0 Å². The zero-order chi connectivity index (χ0) is 59.9. The quantitative estimate of drug-likeness (QED) is 0.0884. The van der Waals surface area contributed by atoms with Gasteiger partial charge in [0.2, 0.25) is 23.7 Å². The summed E-state index contributed by atoms with van der Waals surface area (Å²) in [6.45, 7) is 1.23. The molecule has 6 aliphatic rings. The van der Waals surface area contributed by atoms with Crippen molar-refractivity contribution in [2.45, 2.75) is 147 Å². The number of carboxylic acids is 2. The lowest BCUT2D eigenvalue weighted by molar-refractivity contribution is -0.151. The van der Waals surface area contributed by atoms with Crippen LogP contribution in [0.3, 0.4) is 0 Å². The van der Waals surface area contributed by atoms with Gasteiger partial charge >= 0.3 is 23.9 Å². The van der Waals surface area contributed by atoms with Gasteiger partial charge in [-0.05, 0) is 67.3 Å². The van der Waals surface area contributed by atoms with Gasteiger partial charge in [-0.3, -0.25) is 43.0 Å². The predicted octanol–water partition coefficient (Wildman–Crippen LogP) is 10.8. The van der Waals surface area contributed by atoms with Crippen LogP contribution in [0.4, 0.5) is 30.7 Å². The number of aromatic nitrogens is 2. The first-order valence-electron chi connectivity index (χ1n) is 26.8. The summed E-state index contributed by atoms with van der Waals surface area (Å²) in [5.41, 5.74) is 8.73. The number of carbonyl (C=O) groups excluding carboxylic acids is 6. The molecule has 10 rings (SSSR count). The van der Waals surface area contributed by atoms with E-state index in [1.807, 2.05) is 60.7 Å². The minimum absolute atomic E-state index is 0.0516. The molecule has 3 aromatic carbocycles. The number of primary amides is 1. The number of nitrogens with zero attached hydrogens (tertiary/aromatic N) is 3. The van der Waals surface area contributed by atoms with E-state index in [4.69, 9.17) is 37.0 Å². The number of rotatable bonds is 12. The zero-order valence-corrected chi connectivity index (χ0v) is 45.4. The Morgan fingerprint density at radius 3 is 1.57 bits per heavy atom. The van der Waals surface area contributed by atoms with Crippen molar-refractivity contribution >= 4 is 58.9 Å². The summed E-state index contributed by atoms with van der Waals surface area (Å²) in [7, 11) is 0. The number of Topliss-reactive ketones (excluding diaryl/α,β-unsaturated/α-hetero) is 2. The van der Waals surface area contributed by atoms with Crippen LogP contribution in [0.15, 0.2) is 78.9 Å². The summed E-state index contributed by atoms with van der Waals surface area (Å²) < 4.78 is 103. The van der Waals surface area contributed by atoms with Crippen LogP contribution >= 0.6 is 11.6 Å². The number of aliphatic carboxylic acids is 2. The SMILES string of the molecule is NC(=O)c1c(-c2ccc(F)c(Cl)c2)nn2c1CN(C(=O)CC1CCC(F)(F)C1)CC2.O=C(O)C1CCC(F)(F)C1.O=C(OCc1ccccc1)C1CCC(F)(F)C1.O=C1CCC(C(=O)O)C1.O=C1CCC(C(=O)OCc2ccccc2)C1. The molecule has 2 amide bonds. The number of nitrogens with two attached hydrogens (primary N) is 1. The topological polar surface area (TPSA) is 243 Å². The van der Waals surface area contributed by atoms with Crippen LogP contribution in [0.1, 0.15) is 130 Å². The Morgan fingerprint density at radius 1 is 0.646 bits per heavy atom. The van der Waals surface area contributed by atoms with E-state index in [1.165, 1.54) is 18.2 Å². The van der Waals surface area contributed by atoms with Crippen molar-refractivity contribution in [3.8, 4) is 11.3 Å². The maximum absolute atomic E-state index is 13.5. The van der Waals surface area contributed by atoms with Crippen LogP contribution in [-0.4, -0.2) is 96.5 Å². The molecule has 0 saturated heterocycles. The van der Waals surface area contributed by atoms with Gasteiger partial charge in [0.15, 0.2) is 0 Å². The number of alkyl halides is 6. The summed E-state index contributed by atoms with van der Waals surface area (Å²) >= 11 is 5.86. The first kappa shape index (κ1) is 64.0. The van der Waals surface area contributed by atoms with Crippen molar-refractivity contribution in [2.24, 2.45) is 35.3 Å². The van der Waals surface area contributed by atoms with E-state index in [-0.39, 0.29) is 122 Å². The van der Waals surface area contributed by atoms with Crippen molar-refractivity contribution in [3.63, 3.8) is 0 Å². The summed E-state index contributed by atoms with van der Waals surface area (Å²) in [5.74, 6) is -14.5. The minimum atomic E-state index is -2.73. The largest absolute Gasteiger partial charge is 0.481 e. The number of amides is 2. The van der Waals surface area contributed by atoms with E-state index in [9.17, 15) is 69.1 Å². The Bertz CT molecular complexity index is 2930. The second-order valence-electron chi connectivity index (χ2n) is 21.3. The van der Waals surface area contributed by atoms with Gasteiger partial charge in [0.1, 0.15) is 36.3 Å². The van der Waals surface area contributed by atoms with E-state index in [1.54, 1.807) is 9.58 Å². The second-order valence-corrected chi connectivity index (χ2v) is 21.7. The van der Waals surface area contributed by atoms with E-state index >= 15 is 0 Å². The number of hydrogen-bond donors (Lipinski definition) is 3. The highest BCUT2D eigenvalue weighted by molar-refractivity contribution is 6.31. The maximum Gasteiger partial charge on any atom is 0.309 e. The lowest BCUT2D eigenvalue weighted by Gasteiger charge is -2.29. The van der Waals surface area contributed by atoms with Crippen LogP contribution in [0.25, 0.3) is 11.3 Å². The molecule has 4 N–H and O–H groups in total. The fourth-order valence-corrected chi connectivity index (χ4v) is 10.5. The molecule has 5 unspecified atom stereocenters. The monoisotopic (exact) mass is 1180 g/mol. The summed E-state index contributed by atoms with van der Waals surface area (Å²) in [6, 6.07) is 22.7. The molecular formula is C58H64ClF7N4O12. The van der Waals surface area contributed by atoms with Crippen molar-refractivity contribution in [3.05, 3.63) is 112 Å². The highest BCUT2D eigenvalue weighted by atomic mass is 35.5. The number of hydrogen-bond acceptors (Lipinski definition) is 11. The number of carboxylic acid groups (broad SMARTS) is 2. The molecule has 24 heteroatoms. The van der Waals surface area contributed by atoms with Crippen LogP contribution in [0.2, 0.25) is 5.02 Å². The summed E-state index contributed by atoms with van der Waals surface area (Å²) in [6.07, 6.45) is 1.67. The number of ketones is 2. The van der Waals surface area contributed by atoms with Gasteiger partial charge in [0, 0.05) is 82.7 Å². The van der Waals surface area contributed by atoms with Gasteiger partial charge in [-0.2, -0.15) is 5.10 Å². The van der Waals surface area contributed by atoms with Gasteiger partial charge in [-0.25, -0.2) is 30.7 Å². The molecule has 4 aromatic rings. The number of fused-ring (bicyclic) bond motifs is 1.